The van der Waals surface area contributed by atoms with Crippen molar-refractivity contribution in [2.24, 2.45) is 11.8 Å². The molecule has 2 aromatic carbocycles. The summed E-state index contributed by atoms with van der Waals surface area (Å²) in [4.78, 5) is 23.4. The Labute approximate surface area is 237 Å². The van der Waals surface area contributed by atoms with Crippen LogP contribution in [0.2, 0.25) is 0 Å². The number of ether oxygens (including phenoxy) is 1. The van der Waals surface area contributed by atoms with E-state index in [9.17, 15) is 9.18 Å². The lowest BCUT2D eigenvalue weighted by atomic mass is 9.65. The average molecular weight is 565 g/mol. The summed E-state index contributed by atoms with van der Waals surface area (Å²) < 4.78 is 20.4. The maximum Gasteiger partial charge on any atom is 0.309 e. The summed E-state index contributed by atoms with van der Waals surface area (Å²) in [5.74, 6) is 1.19. The second-order valence-corrected chi connectivity index (χ2v) is 11.2. The summed E-state index contributed by atoms with van der Waals surface area (Å²) in [6.07, 6.45) is 6.04. The molecule has 1 fully saturated rings. The van der Waals surface area contributed by atoms with Crippen molar-refractivity contribution in [2.45, 2.75) is 70.3 Å². The molecule has 0 spiro atoms. The van der Waals surface area contributed by atoms with Crippen LogP contribution in [-0.2, 0) is 22.4 Å². The minimum absolute atomic E-state index is 0. The maximum absolute atomic E-state index is 14.0. The molecule has 5 nitrogen and oxygen atoms in total. The fourth-order valence-corrected chi connectivity index (χ4v) is 6.03. The first kappa shape index (κ1) is 30.4. The van der Waals surface area contributed by atoms with Crippen molar-refractivity contribution in [1.82, 2.24) is 14.9 Å². The van der Waals surface area contributed by atoms with E-state index in [4.69, 9.17) is 9.72 Å². The van der Waals surface area contributed by atoms with E-state index >= 15 is 0 Å². The Balaban J connectivity index is 0.00000200. The van der Waals surface area contributed by atoms with Gasteiger partial charge in [0.15, 0.2) is 0 Å². The molecular formula is C30H40Cl2FN3O2. The zero-order valence-corrected chi connectivity index (χ0v) is 24.2. The number of nitrogens with one attached hydrogen (secondary N) is 1. The zero-order valence-electron chi connectivity index (χ0n) is 22.5. The minimum atomic E-state index is -0.550. The Hall–Kier alpha value is -2.15. The van der Waals surface area contributed by atoms with E-state index in [0.717, 1.165) is 86.0 Å². The van der Waals surface area contributed by atoms with E-state index in [1.54, 1.807) is 12.1 Å². The van der Waals surface area contributed by atoms with Gasteiger partial charge in [-0.05, 0) is 87.0 Å². The van der Waals surface area contributed by atoms with Gasteiger partial charge in [0.1, 0.15) is 17.2 Å². The molecule has 1 saturated carbocycles. The molecule has 5 rings (SSSR count). The topological polar surface area (TPSA) is 58.2 Å². The van der Waals surface area contributed by atoms with Crippen molar-refractivity contribution in [3.8, 4) is 0 Å². The molecule has 3 aromatic rings. The van der Waals surface area contributed by atoms with Gasteiger partial charge in [-0.2, -0.15) is 0 Å². The summed E-state index contributed by atoms with van der Waals surface area (Å²) >= 11 is 0. The Kier molecular flexibility index (Phi) is 10.2. The van der Waals surface area contributed by atoms with Crippen LogP contribution in [-0.4, -0.2) is 46.6 Å². The van der Waals surface area contributed by atoms with Crippen LogP contribution in [0.3, 0.4) is 0 Å². The van der Waals surface area contributed by atoms with E-state index < -0.39 is 5.60 Å². The van der Waals surface area contributed by atoms with Gasteiger partial charge >= 0.3 is 5.97 Å². The van der Waals surface area contributed by atoms with E-state index in [1.165, 1.54) is 0 Å². The van der Waals surface area contributed by atoms with E-state index in [0.29, 0.717) is 0 Å². The maximum atomic E-state index is 14.0. The first-order chi connectivity index (χ1) is 17.3. The van der Waals surface area contributed by atoms with Gasteiger partial charge in [0.2, 0.25) is 0 Å². The smallest absolute Gasteiger partial charge is 0.309 e. The number of aromatic nitrogens is 2. The number of hydrogen-bond donors (Lipinski definition) is 1. The highest BCUT2D eigenvalue weighted by Gasteiger charge is 2.49. The Bertz CT molecular complexity index is 1200. The van der Waals surface area contributed by atoms with Crippen molar-refractivity contribution in [2.75, 3.05) is 20.1 Å². The number of aromatic amines is 1. The van der Waals surface area contributed by atoms with Crippen molar-refractivity contribution >= 4 is 41.8 Å². The van der Waals surface area contributed by atoms with Gasteiger partial charge < -0.3 is 14.6 Å². The molecule has 8 heteroatoms. The standard InChI is InChI=1S/C30H38FN3O2.2ClH/c1-20(2)28-24-13-12-23(31)19-22(24)14-15-30(28,36-29(35)21-10-11-21)16-18-34(3)17-6-9-27-32-25-7-4-5-8-26(25)33-27;;/h4-5,7-8,12-13,19-21,28H,6,9-11,14-18H2,1-3H3,(H,32,33);2*1H. The number of hydrogen-bond acceptors (Lipinski definition) is 4. The Morgan fingerprint density at radius 2 is 1.95 bits per heavy atom. The van der Waals surface area contributed by atoms with Gasteiger partial charge in [-0.15, -0.1) is 24.8 Å². The molecule has 2 unspecified atom stereocenters. The third kappa shape index (κ3) is 6.70. The van der Waals surface area contributed by atoms with Crippen LogP contribution < -0.4 is 0 Å². The third-order valence-corrected chi connectivity index (χ3v) is 8.01. The van der Waals surface area contributed by atoms with Gasteiger partial charge in [-0.1, -0.05) is 32.0 Å². The Morgan fingerprint density at radius 3 is 2.66 bits per heavy atom. The predicted octanol–water partition coefficient (Wildman–Crippen LogP) is 6.88. The quantitative estimate of drug-likeness (QED) is 0.273. The molecule has 38 heavy (non-hydrogen) atoms. The van der Waals surface area contributed by atoms with Gasteiger partial charge in [0, 0.05) is 25.3 Å². The Morgan fingerprint density at radius 1 is 1.18 bits per heavy atom. The van der Waals surface area contributed by atoms with Crippen LogP contribution in [0.5, 0.6) is 0 Å². The molecule has 0 saturated heterocycles. The van der Waals surface area contributed by atoms with Crippen LogP contribution in [0.25, 0.3) is 11.0 Å². The molecule has 0 bridgehead atoms. The lowest BCUT2D eigenvalue weighted by Gasteiger charge is -2.47. The number of imidazole rings is 1. The monoisotopic (exact) mass is 563 g/mol. The summed E-state index contributed by atoms with van der Waals surface area (Å²) in [7, 11) is 2.14. The predicted molar refractivity (Wildman–Crippen MR) is 155 cm³/mol. The van der Waals surface area contributed by atoms with E-state index in [-0.39, 0.29) is 54.4 Å². The second kappa shape index (κ2) is 12.8. The molecule has 1 heterocycles. The van der Waals surface area contributed by atoms with Crippen molar-refractivity contribution in [1.29, 1.82) is 0 Å². The van der Waals surface area contributed by atoms with Gasteiger partial charge in [-0.25, -0.2) is 9.37 Å². The van der Waals surface area contributed by atoms with E-state index in [2.05, 4.69) is 36.8 Å². The fraction of sp³-hybridized carbons (Fsp3) is 0.533. The molecule has 1 aromatic heterocycles. The lowest BCUT2D eigenvalue weighted by Crippen LogP contribution is -2.48. The van der Waals surface area contributed by atoms with Crippen LogP contribution in [0.4, 0.5) is 4.39 Å². The number of H-pyrrole nitrogens is 1. The summed E-state index contributed by atoms with van der Waals surface area (Å²) in [5.41, 5.74) is 3.75. The lowest BCUT2D eigenvalue weighted by molar-refractivity contribution is -0.169. The van der Waals surface area contributed by atoms with Gasteiger partial charge in [0.05, 0.1) is 17.0 Å². The summed E-state index contributed by atoms with van der Waals surface area (Å²) in [5, 5.41) is 0. The molecule has 0 radical (unpaired) electrons. The normalized spacial score (nSPS) is 20.6. The molecular weight excluding hydrogens is 524 g/mol. The number of benzene rings is 2. The highest BCUT2D eigenvalue weighted by molar-refractivity contribution is 5.85. The zero-order chi connectivity index (χ0) is 25.3. The van der Waals surface area contributed by atoms with Crippen LogP contribution >= 0.6 is 24.8 Å². The van der Waals surface area contributed by atoms with Gasteiger partial charge in [-0.3, -0.25) is 4.79 Å². The summed E-state index contributed by atoms with van der Waals surface area (Å²) in [6, 6.07) is 13.3. The molecule has 0 aliphatic heterocycles. The minimum Gasteiger partial charge on any atom is -0.458 e. The first-order valence-electron chi connectivity index (χ1n) is 13.5. The number of fused-ring (bicyclic) bond motifs is 2. The number of carbonyl (C=O) groups is 1. The highest BCUT2D eigenvalue weighted by Crippen LogP contribution is 2.49. The highest BCUT2D eigenvalue weighted by atomic mass is 35.5. The molecule has 2 aliphatic rings. The van der Waals surface area contributed by atoms with Crippen LogP contribution in [0, 0.1) is 17.7 Å². The van der Waals surface area contributed by atoms with Crippen LogP contribution in [0.15, 0.2) is 42.5 Å². The number of rotatable bonds is 10. The number of para-hydroxylation sites is 2. The first-order valence-corrected chi connectivity index (χ1v) is 13.5. The second-order valence-electron chi connectivity index (χ2n) is 11.2. The molecule has 1 N–H and O–H groups in total. The third-order valence-electron chi connectivity index (χ3n) is 8.01. The summed E-state index contributed by atoms with van der Waals surface area (Å²) in [6.45, 7) is 6.18. The van der Waals surface area contributed by atoms with E-state index in [1.807, 2.05) is 24.3 Å². The van der Waals surface area contributed by atoms with Gasteiger partial charge in [0.25, 0.3) is 0 Å². The van der Waals surface area contributed by atoms with Crippen LogP contribution in [0.1, 0.15) is 68.8 Å². The molecule has 208 valence electrons. The number of carbonyl (C=O) groups excluding carboxylic acids is 1. The number of nitrogens with zero attached hydrogens (tertiary/aromatic N) is 2. The van der Waals surface area contributed by atoms with Crippen molar-refractivity contribution in [3.05, 3.63) is 65.2 Å². The largest absolute Gasteiger partial charge is 0.458 e. The SMILES string of the molecule is CC(C)C1c2ccc(F)cc2CCC1(CCN(C)CCCc1nc2ccccc2[nH]1)OC(=O)C1CC1.Cl.Cl. The molecule has 0 amide bonds. The number of aryl methyl sites for hydroxylation is 2. The fourth-order valence-electron chi connectivity index (χ4n) is 6.03. The van der Waals surface area contributed by atoms with Crippen molar-refractivity contribution in [3.63, 3.8) is 0 Å². The number of esters is 1. The molecule has 2 atom stereocenters. The van der Waals surface area contributed by atoms with Crippen molar-refractivity contribution < 1.29 is 13.9 Å². The average Bonchev–Trinajstić information content (AvgIpc) is 3.62. The molecule has 2 aliphatic carbocycles. The number of halogens is 3.